The summed E-state index contributed by atoms with van der Waals surface area (Å²) < 4.78 is 0. The molecule has 0 aromatic rings. The van der Waals surface area contributed by atoms with Gasteiger partial charge in [-0.3, -0.25) is 4.79 Å². The van der Waals surface area contributed by atoms with E-state index < -0.39 is 11.9 Å². The largest absolute Gasteiger partial charge is 0.481 e. The quantitative estimate of drug-likeness (QED) is 0.483. The van der Waals surface area contributed by atoms with Gasteiger partial charge < -0.3 is 15.7 Å². The average molecular weight is 300 g/mol. The van der Waals surface area contributed by atoms with Crippen molar-refractivity contribution in [2.45, 2.75) is 65.7 Å². The molecule has 0 rings (SSSR count). The number of unbranched alkanes of at least 4 members (excludes halogenated alkanes) is 5. The number of carboxylic acid groups (broad SMARTS) is 1. The molecule has 0 spiro atoms. The lowest BCUT2D eigenvalue weighted by Gasteiger charge is -2.15. The molecule has 0 aliphatic carbocycles. The molecule has 0 aliphatic heterocycles. The molecule has 1 atom stereocenters. The predicted octanol–water partition coefficient (Wildman–Crippen LogP) is 3.39. The summed E-state index contributed by atoms with van der Waals surface area (Å²) >= 11 is 0. The molecule has 0 saturated carbocycles. The number of nitrogens with one attached hydrogen (secondary N) is 2. The summed E-state index contributed by atoms with van der Waals surface area (Å²) in [5.74, 6) is -1.05. The third-order valence-electron chi connectivity index (χ3n) is 3.43. The number of aliphatic carboxylic acids is 1. The van der Waals surface area contributed by atoms with Crippen LogP contribution in [-0.4, -0.2) is 30.2 Å². The fourth-order valence-corrected chi connectivity index (χ4v) is 2.23. The number of carboxylic acids is 1. The molecule has 0 aromatic carbocycles. The van der Waals surface area contributed by atoms with Gasteiger partial charge in [-0.15, -0.1) is 0 Å². The van der Waals surface area contributed by atoms with Crippen LogP contribution in [0.15, 0.2) is 0 Å². The second-order valence-electron chi connectivity index (χ2n) is 6.07. The van der Waals surface area contributed by atoms with E-state index in [2.05, 4.69) is 17.6 Å². The van der Waals surface area contributed by atoms with Crippen molar-refractivity contribution in [3.8, 4) is 0 Å². The Balaban J connectivity index is 3.66. The normalized spacial score (nSPS) is 12.2. The number of hydrogen-bond donors (Lipinski definition) is 3. The zero-order valence-electron chi connectivity index (χ0n) is 13.8. The fraction of sp³-hybridized carbons (Fsp3) is 0.875. The highest BCUT2D eigenvalue weighted by Gasteiger charge is 2.19. The van der Waals surface area contributed by atoms with E-state index in [1.807, 2.05) is 13.8 Å². The van der Waals surface area contributed by atoms with Gasteiger partial charge in [0.25, 0.3) is 0 Å². The summed E-state index contributed by atoms with van der Waals surface area (Å²) in [4.78, 5) is 22.6. The van der Waals surface area contributed by atoms with Crippen LogP contribution in [-0.2, 0) is 4.79 Å². The van der Waals surface area contributed by atoms with E-state index in [9.17, 15) is 9.59 Å². The maximum Gasteiger partial charge on any atom is 0.314 e. The Kier molecular flexibility index (Phi) is 11.7. The molecule has 1 unspecified atom stereocenters. The molecule has 3 N–H and O–H groups in total. The molecular formula is C16H32N2O3. The molecule has 21 heavy (non-hydrogen) atoms. The first-order valence-electron chi connectivity index (χ1n) is 8.21. The van der Waals surface area contributed by atoms with Gasteiger partial charge >= 0.3 is 12.0 Å². The van der Waals surface area contributed by atoms with Crippen molar-refractivity contribution in [2.24, 2.45) is 11.8 Å². The van der Waals surface area contributed by atoms with Gasteiger partial charge in [-0.1, -0.05) is 52.9 Å². The first kappa shape index (κ1) is 19.7. The van der Waals surface area contributed by atoms with Gasteiger partial charge in [0.05, 0.1) is 5.92 Å². The smallest absolute Gasteiger partial charge is 0.314 e. The van der Waals surface area contributed by atoms with Crippen molar-refractivity contribution in [3.63, 3.8) is 0 Å². The van der Waals surface area contributed by atoms with Crippen LogP contribution < -0.4 is 10.6 Å². The highest BCUT2D eigenvalue weighted by atomic mass is 16.4. The van der Waals surface area contributed by atoms with E-state index in [-0.39, 0.29) is 12.6 Å². The van der Waals surface area contributed by atoms with Crippen LogP contribution in [0.5, 0.6) is 0 Å². The zero-order chi connectivity index (χ0) is 16.1. The Labute approximate surface area is 128 Å². The molecule has 5 nitrogen and oxygen atoms in total. The summed E-state index contributed by atoms with van der Waals surface area (Å²) in [7, 11) is 0. The highest BCUT2D eigenvalue weighted by molar-refractivity contribution is 5.75. The molecule has 0 heterocycles. The number of amides is 2. The van der Waals surface area contributed by atoms with Crippen LogP contribution >= 0.6 is 0 Å². The lowest BCUT2D eigenvalue weighted by Crippen LogP contribution is -2.40. The summed E-state index contributed by atoms with van der Waals surface area (Å²) in [5.41, 5.74) is 0. The molecule has 0 saturated heterocycles. The lowest BCUT2D eigenvalue weighted by molar-refractivity contribution is -0.142. The summed E-state index contributed by atoms with van der Waals surface area (Å²) in [6.45, 7) is 6.99. The van der Waals surface area contributed by atoms with Crippen LogP contribution in [0.3, 0.4) is 0 Å². The van der Waals surface area contributed by atoms with Gasteiger partial charge in [0.15, 0.2) is 0 Å². The Hall–Kier alpha value is -1.26. The van der Waals surface area contributed by atoms with Gasteiger partial charge in [0.2, 0.25) is 0 Å². The van der Waals surface area contributed by atoms with E-state index in [1.54, 1.807) is 0 Å². The summed E-state index contributed by atoms with van der Waals surface area (Å²) in [5, 5.41) is 14.5. The Morgan fingerprint density at radius 2 is 1.62 bits per heavy atom. The van der Waals surface area contributed by atoms with E-state index in [4.69, 9.17) is 5.11 Å². The van der Waals surface area contributed by atoms with Crippen molar-refractivity contribution in [2.75, 3.05) is 13.1 Å². The molecular weight excluding hydrogens is 268 g/mol. The monoisotopic (exact) mass is 300 g/mol. The Morgan fingerprint density at radius 3 is 2.19 bits per heavy atom. The highest BCUT2D eigenvalue weighted by Crippen LogP contribution is 2.11. The molecule has 0 bridgehead atoms. The SMILES string of the molecule is CCCCCCCCNC(=O)NCC(CC(C)C)C(=O)O. The van der Waals surface area contributed by atoms with Gasteiger partial charge in [0.1, 0.15) is 0 Å². The van der Waals surface area contributed by atoms with Gasteiger partial charge in [0, 0.05) is 13.1 Å². The fourth-order valence-electron chi connectivity index (χ4n) is 2.23. The minimum absolute atomic E-state index is 0.190. The minimum atomic E-state index is -0.847. The number of urea groups is 1. The van der Waals surface area contributed by atoms with Crippen LogP contribution in [0.4, 0.5) is 4.79 Å². The van der Waals surface area contributed by atoms with Crippen molar-refractivity contribution in [3.05, 3.63) is 0 Å². The van der Waals surface area contributed by atoms with Crippen molar-refractivity contribution >= 4 is 12.0 Å². The summed E-state index contributed by atoms with van der Waals surface area (Å²) in [6, 6.07) is -0.265. The van der Waals surface area contributed by atoms with Crippen molar-refractivity contribution < 1.29 is 14.7 Å². The number of rotatable bonds is 12. The molecule has 2 amide bonds. The van der Waals surface area contributed by atoms with Crippen molar-refractivity contribution in [1.29, 1.82) is 0 Å². The van der Waals surface area contributed by atoms with E-state index in [1.165, 1.54) is 25.7 Å². The lowest BCUT2D eigenvalue weighted by atomic mass is 9.97. The molecule has 0 radical (unpaired) electrons. The third-order valence-corrected chi connectivity index (χ3v) is 3.43. The topological polar surface area (TPSA) is 78.4 Å². The number of hydrogen-bond acceptors (Lipinski definition) is 2. The van der Waals surface area contributed by atoms with Crippen LogP contribution in [0.25, 0.3) is 0 Å². The second kappa shape index (κ2) is 12.5. The zero-order valence-corrected chi connectivity index (χ0v) is 13.8. The van der Waals surface area contributed by atoms with Crippen LogP contribution in [0.2, 0.25) is 0 Å². The molecule has 5 heteroatoms. The third kappa shape index (κ3) is 12.2. The standard InChI is InChI=1S/C16H32N2O3/c1-4-5-6-7-8-9-10-17-16(21)18-12-14(15(19)20)11-13(2)3/h13-14H,4-12H2,1-3H3,(H,19,20)(H2,17,18,21). The van der Waals surface area contributed by atoms with Crippen LogP contribution in [0.1, 0.15) is 65.7 Å². The van der Waals surface area contributed by atoms with E-state index in [0.29, 0.717) is 18.9 Å². The van der Waals surface area contributed by atoms with E-state index in [0.717, 1.165) is 12.8 Å². The maximum absolute atomic E-state index is 11.6. The van der Waals surface area contributed by atoms with Gasteiger partial charge in [-0.25, -0.2) is 4.79 Å². The first-order chi connectivity index (χ1) is 9.97. The molecule has 124 valence electrons. The summed E-state index contributed by atoms with van der Waals surface area (Å²) in [6.07, 6.45) is 7.68. The van der Waals surface area contributed by atoms with Crippen LogP contribution in [0, 0.1) is 11.8 Å². The Bertz CT molecular complexity index is 293. The van der Waals surface area contributed by atoms with Gasteiger partial charge in [-0.05, 0) is 18.8 Å². The molecule has 0 aromatic heterocycles. The average Bonchev–Trinajstić information content (AvgIpc) is 2.41. The maximum atomic E-state index is 11.6. The predicted molar refractivity (Wildman–Crippen MR) is 85.4 cm³/mol. The van der Waals surface area contributed by atoms with Crippen molar-refractivity contribution in [1.82, 2.24) is 10.6 Å². The van der Waals surface area contributed by atoms with E-state index >= 15 is 0 Å². The molecule has 0 fully saturated rings. The first-order valence-corrected chi connectivity index (χ1v) is 8.21. The number of carbonyl (C=O) groups excluding carboxylic acids is 1. The van der Waals surface area contributed by atoms with Gasteiger partial charge in [-0.2, -0.15) is 0 Å². The number of carbonyl (C=O) groups is 2. The molecule has 0 aliphatic rings. The minimum Gasteiger partial charge on any atom is -0.481 e. The Morgan fingerprint density at radius 1 is 1.00 bits per heavy atom. The second-order valence-corrected chi connectivity index (χ2v) is 6.07.